The Balaban J connectivity index is 2.12. The number of nitrogens with one attached hydrogen (secondary N) is 2. The number of hydrogen-bond donors (Lipinski definition) is 2. The van der Waals surface area contributed by atoms with Gasteiger partial charge in [-0.3, -0.25) is 4.79 Å². The summed E-state index contributed by atoms with van der Waals surface area (Å²) in [7, 11) is 0. The predicted octanol–water partition coefficient (Wildman–Crippen LogP) is 3.02. The molecule has 1 heterocycles. The monoisotopic (exact) mass is 289 g/mol. The quantitative estimate of drug-likeness (QED) is 0.832. The molecule has 0 atom stereocenters. The van der Waals surface area contributed by atoms with Crippen molar-refractivity contribution in [2.45, 2.75) is 0 Å². The number of anilines is 2. The number of hydrogen-bond acceptors (Lipinski definition) is 3. The number of halogens is 2. The zero-order chi connectivity index (χ0) is 15.2. The van der Waals surface area contributed by atoms with Gasteiger partial charge in [-0.2, -0.15) is 0 Å². The molecular weight excluding hydrogens is 276 g/mol. The SMILES string of the molecule is C=CCNC(=O)c1ccc(Nc2c(F)cccc2F)cn1. The van der Waals surface area contributed by atoms with Crippen LogP contribution in [0, 0.1) is 11.6 Å². The molecule has 0 aliphatic carbocycles. The Labute approximate surface area is 120 Å². The highest BCUT2D eigenvalue weighted by Gasteiger charge is 2.10. The van der Waals surface area contributed by atoms with E-state index in [1.807, 2.05) is 0 Å². The summed E-state index contributed by atoms with van der Waals surface area (Å²) in [4.78, 5) is 15.6. The Morgan fingerprint density at radius 2 is 1.95 bits per heavy atom. The third-order valence-corrected chi connectivity index (χ3v) is 2.64. The van der Waals surface area contributed by atoms with E-state index >= 15 is 0 Å². The van der Waals surface area contributed by atoms with E-state index in [2.05, 4.69) is 22.2 Å². The summed E-state index contributed by atoms with van der Waals surface area (Å²) in [5.41, 5.74) is 0.318. The minimum atomic E-state index is -0.706. The first kappa shape index (κ1) is 14.6. The second kappa shape index (κ2) is 6.60. The molecule has 2 rings (SSSR count). The van der Waals surface area contributed by atoms with E-state index in [1.165, 1.54) is 24.4 Å². The number of amides is 1. The third-order valence-electron chi connectivity index (χ3n) is 2.64. The summed E-state index contributed by atoms with van der Waals surface area (Å²) in [6, 6.07) is 6.55. The highest BCUT2D eigenvalue weighted by molar-refractivity contribution is 5.92. The van der Waals surface area contributed by atoms with E-state index in [1.54, 1.807) is 6.08 Å². The van der Waals surface area contributed by atoms with Crippen molar-refractivity contribution in [1.29, 1.82) is 0 Å². The standard InChI is InChI=1S/C15H13F2N3O/c1-2-8-18-15(21)13-7-6-10(9-19-13)20-14-11(16)4-3-5-12(14)17/h2-7,9,20H,1,8H2,(H,18,21). The first-order valence-corrected chi connectivity index (χ1v) is 6.18. The maximum Gasteiger partial charge on any atom is 0.270 e. The molecular formula is C15H13F2N3O. The largest absolute Gasteiger partial charge is 0.349 e. The zero-order valence-electron chi connectivity index (χ0n) is 11.1. The van der Waals surface area contributed by atoms with E-state index in [0.717, 1.165) is 12.1 Å². The third kappa shape index (κ3) is 3.62. The summed E-state index contributed by atoms with van der Waals surface area (Å²) in [6.07, 6.45) is 2.88. The van der Waals surface area contributed by atoms with Gasteiger partial charge in [-0.1, -0.05) is 12.1 Å². The van der Waals surface area contributed by atoms with Crippen LogP contribution in [0.3, 0.4) is 0 Å². The van der Waals surface area contributed by atoms with Crippen molar-refractivity contribution in [2.24, 2.45) is 0 Å². The van der Waals surface area contributed by atoms with E-state index in [4.69, 9.17) is 0 Å². The molecule has 0 saturated heterocycles. The summed E-state index contributed by atoms with van der Waals surface area (Å²) < 4.78 is 27.0. The van der Waals surface area contributed by atoms with Crippen molar-refractivity contribution in [3.05, 3.63) is 66.5 Å². The molecule has 1 amide bonds. The van der Waals surface area contributed by atoms with Crippen LogP contribution >= 0.6 is 0 Å². The molecule has 4 nitrogen and oxygen atoms in total. The lowest BCUT2D eigenvalue weighted by Crippen LogP contribution is -2.24. The van der Waals surface area contributed by atoms with Gasteiger partial charge in [0.15, 0.2) is 0 Å². The van der Waals surface area contributed by atoms with Crippen LogP contribution in [0.15, 0.2) is 49.2 Å². The number of benzene rings is 1. The van der Waals surface area contributed by atoms with Crippen LogP contribution in [-0.4, -0.2) is 17.4 Å². The molecule has 0 fully saturated rings. The van der Waals surface area contributed by atoms with Gasteiger partial charge in [-0.15, -0.1) is 6.58 Å². The van der Waals surface area contributed by atoms with Crippen molar-refractivity contribution >= 4 is 17.3 Å². The first-order valence-electron chi connectivity index (χ1n) is 6.18. The normalized spacial score (nSPS) is 10.0. The van der Waals surface area contributed by atoms with E-state index < -0.39 is 11.6 Å². The fourth-order valence-corrected chi connectivity index (χ4v) is 1.62. The minimum Gasteiger partial charge on any atom is -0.349 e. The van der Waals surface area contributed by atoms with E-state index in [0.29, 0.717) is 12.2 Å². The Kier molecular flexibility index (Phi) is 4.61. The van der Waals surface area contributed by atoms with E-state index in [9.17, 15) is 13.6 Å². The molecule has 2 aromatic rings. The maximum atomic E-state index is 13.5. The van der Waals surface area contributed by atoms with Crippen molar-refractivity contribution in [3.63, 3.8) is 0 Å². The summed E-state index contributed by atoms with van der Waals surface area (Å²) in [5, 5.41) is 5.17. The summed E-state index contributed by atoms with van der Waals surface area (Å²) >= 11 is 0. The van der Waals surface area contributed by atoms with Crippen LogP contribution in [0.25, 0.3) is 0 Å². The summed E-state index contributed by atoms with van der Waals surface area (Å²) in [6.45, 7) is 3.82. The Morgan fingerprint density at radius 1 is 1.24 bits per heavy atom. The fraction of sp³-hybridized carbons (Fsp3) is 0.0667. The number of aromatic nitrogens is 1. The lowest BCUT2D eigenvalue weighted by atomic mass is 10.2. The van der Waals surface area contributed by atoms with Crippen molar-refractivity contribution in [2.75, 3.05) is 11.9 Å². The molecule has 108 valence electrons. The Hall–Kier alpha value is -2.76. The fourth-order valence-electron chi connectivity index (χ4n) is 1.62. The van der Waals surface area contributed by atoms with Gasteiger partial charge in [0.25, 0.3) is 5.91 Å². The van der Waals surface area contributed by atoms with Gasteiger partial charge < -0.3 is 10.6 Å². The molecule has 0 unspecified atom stereocenters. The molecule has 0 saturated carbocycles. The molecule has 0 aliphatic heterocycles. The Morgan fingerprint density at radius 3 is 2.52 bits per heavy atom. The predicted molar refractivity (Wildman–Crippen MR) is 76.4 cm³/mol. The average molecular weight is 289 g/mol. The van der Waals surface area contributed by atoms with Gasteiger partial charge in [0.2, 0.25) is 0 Å². The molecule has 0 radical (unpaired) electrons. The number of carbonyl (C=O) groups is 1. The number of rotatable bonds is 5. The molecule has 2 N–H and O–H groups in total. The van der Waals surface area contributed by atoms with Crippen LogP contribution in [0.1, 0.15) is 10.5 Å². The van der Waals surface area contributed by atoms with E-state index in [-0.39, 0.29) is 17.3 Å². The highest BCUT2D eigenvalue weighted by atomic mass is 19.1. The van der Waals surface area contributed by atoms with Crippen LogP contribution in [0.4, 0.5) is 20.2 Å². The first-order chi connectivity index (χ1) is 10.1. The summed E-state index contributed by atoms with van der Waals surface area (Å²) in [5.74, 6) is -1.76. The number of pyridine rings is 1. The van der Waals surface area contributed by atoms with Crippen LogP contribution in [0.5, 0.6) is 0 Å². The Bertz CT molecular complexity index is 636. The maximum absolute atomic E-state index is 13.5. The van der Waals surface area contributed by atoms with Gasteiger partial charge in [0.05, 0.1) is 11.9 Å². The lowest BCUT2D eigenvalue weighted by molar-refractivity contribution is 0.0953. The molecule has 1 aromatic carbocycles. The highest BCUT2D eigenvalue weighted by Crippen LogP contribution is 2.22. The molecule has 1 aromatic heterocycles. The number of carbonyl (C=O) groups excluding carboxylic acids is 1. The smallest absolute Gasteiger partial charge is 0.270 e. The zero-order valence-corrected chi connectivity index (χ0v) is 11.1. The van der Waals surface area contributed by atoms with Crippen molar-refractivity contribution in [1.82, 2.24) is 10.3 Å². The van der Waals surface area contributed by atoms with Crippen LogP contribution in [0.2, 0.25) is 0 Å². The average Bonchev–Trinajstić information content (AvgIpc) is 2.49. The molecule has 6 heteroatoms. The van der Waals surface area contributed by atoms with Gasteiger partial charge in [0.1, 0.15) is 23.0 Å². The van der Waals surface area contributed by atoms with Gasteiger partial charge in [-0.05, 0) is 24.3 Å². The van der Waals surface area contributed by atoms with Crippen molar-refractivity contribution < 1.29 is 13.6 Å². The van der Waals surface area contributed by atoms with Gasteiger partial charge in [-0.25, -0.2) is 13.8 Å². The molecule has 0 aliphatic rings. The topological polar surface area (TPSA) is 54.0 Å². The van der Waals surface area contributed by atoms with Crippen LogP contribution in [-0.2, 0) is 0 Å². The lowest BCUT2D eigenvalue weighted by Gasteiger charge is -2.09. The molecule has 0 bridgehead atoms. The molecule has 21 heavy (non-hydrogen) atoms. The number of nitrogens with zero attached hydrogens (tertiary/aromatic N) is 1. The van der Waals surface area contributed by atoms with Crippen molar-refractivity contribution in [3.8, 4) is 0 Å². The second-order valence-electron chi connectivity index (χ2n) is 4.15. The van der Waals surface area contributed by atoms with Gasteiger partial charge in [0, 0.05) is 6.54 Å². The minimum absolute atomic E-state index is 0.205. The van der Waals surface area contributed by atoms with Crippen LogP contribution < -0.4 is 10.6 Å². The van der Waals surface area contributed by atoms with Gasteiger partial charge >= 0.3 is 0 Å². The number of para-hydroxylation sites is 1. The second-order valence-corrected chi connectivity index (χ2v) is 4.15. The molecule has 0 spiro atoms.